The molecule has 10 heteroatoms. The van der Waals surface area contributed by atoms with Crippen LogP contribution in [0.3, 0.4) is 0 Å². The Morgan fingerprint density at radius 3 is 2.76 bits per heavy atom. The Balaban J connectivity index is 1.69. The summed E-state index contributed by atoms with van der Waals surface area (Å²) in [7, 11) is 0. The third-order valence-corrected chi connectivity index (χ3v) is 6.13. The Labute approximate surface area is 192 Å². The molecular formula is C23H21F2N3O4S. The average molecular weight is 474 g/mol. The number of alkyl halides is 2. The van der Waals surface area contributed by atoms with Gasteiger partial charge in [0.05, 0.1) is 34.7 Å². The van der Waals surface area contributed by atoms with Crippen molar-refractivity contribution < 1.29 is 28.2 Å². The molecule has 0 aliphatic carbocycles. The first-order chi connectivity index (χ1) is 15.9. The first-order valence-corrected chi connectivity index (χ1v) is 10.9. The number of hydrogen-bond donors (Lipinski definition) is 2. The molecular weight excluding hydrogens is 452 g/mol. The van der Waals surface area contributed by atoms with E-state index in [9.17, 15) is 18.7 Å². The Hall–Kier alpha value is -3.50. The molecule has 4 aromatic rings. The van der Waals surface area contributed by atoms with Crippen molar-refractivity contribution in [3.63, 3.8) is 0 Å². The highest BCUT2D eigenvalue weighted by molar-refractivity contribution is 7.15. The second-order valence-corrected chi connectivity index (χ2v) is 8.42. The number of hydrogen-bond acceptors (Lipinski definition) is 6. The third-order valence-electron chi connectivity index (χ3n) is 4.99. The van der Waals surface area contributed by atoms with Crippen molar-refractivity contribution in [3.05, 3.63) is 70.9 Å². The molecule has 3 aromatic heterocycles. The standard InChI is InChI=1S/C23H21F2N3O4S/c1-13(15-6-5-14(12-29)8-17(15)32-23(24)25)31-18-9-19(33-20(18)10-21(26)30)16-11-27-22-4-2-3-7-28(16)22/h2-9,11,13,23,29H,10,12H2,1H3,(H2,26,30)/t13-/m1/s1. The molecule has 3 N–H and O–H groups in total. The molecule has 3 heterocycles. The fourth-order valence-corrected chi connectivity index (χ4v) is 4.61. The van der Waals surface area contributed by atoms with Gasteiger partial charge < -0.3 is 20.3 Å². The van der Waals surface area contributed by atoms with Gasteiger partial charge in [-0.05, 0) is 30.7 Å². The molecule has 0 unspecified atom stereocenters. The van der Waals surface area contributed by atoms with E-state index in [1.807, 2.05) is 28.8 Å². The minimum atomic E-state index is -3.03. The third kappa shape index (κ3) is 4.96. The van der Waals surface area contributed by atoms with E-state index in [0.29, 0.717) is 21.8 Å². The lowest BCUT2D eigenvalue weighted by Crippen LogP contribution is -2.14. The maximum Gasteiger partial charge on any atom is 0.387 e. The van der Waals surface area contributed by atoms with E-state index in [4.69, 9.17) is 10.5 Å². The lowest BCUT2D eigenvalue weighted by molar-refractivity contribution is -0.117. The number of benzene rings is 1. The van der Waals surface area contributed by atoms with Crippen LogP contribution in [0.4, 0.5) is 8.78 Å². The van der Waals surface area contributed by atoms with E-state index in [1.54, 1.807) is 31.3 Å². The number of ether oxygens (including phenoxy) is 2. The molecule has 1 atom stereocenters. The Morgan fingerprint density at radius 2 is 2.03 bits per heavy atom. The average Bonchev–Trinajstić information content (AvgIpc) is 3.36. The van der Waals surface area contributed by atoms with E-state index in [2.05, 4.69) is 9.72 Å². The fraction of sp³-hybridized carbons (Fsp3) is 0.217. The van der Waals surface area contributed by atoms with Crippen molar-refractivity contribution in [1.82, 2.24) is 9.38 Å². The van der Waals surface area contributed by atoms with Crippen LogP contribution >= 0.6 is 11.3 Å². The number of rotatable bonds is 9. The highest BCUT2D eigenvalue weighted by atomic mass is 32.1. The van der Waals surface area contributed by atoms with Gasteiger partial charge >= 0.3 is 6.61 Å². The molecule has 0 bridgehead atoms. The summed E-state index contributed by atoms with van der Waals surface area (Å²) in [6, 6.07) is 12.0. The first kappa shape index (κ1) is 22.7. The summed E-state index contributed by atoms with van der Waals surface area (Å²) >= 11 is 1.35. The summed E-state index contributed by atoms with van der Waals surface area (Å²) in [5, 5.41) is 9.33. The summed E-state index contributed by atoms with van der Waals surface area (Å²) in [5.41, 5.74) is 7.83. The molecule has 0 saturated carbocycles. The lowest BCUT2D eigenvalue weighted by atomic mass is 10.1. The van der Waals surface area contributed by atoms with Crippen LogP contribution in [-0.4, -0.2) is 27.0 Å². The van der Waals surface area contributed by atoms with Gasteiger partial charge in [0.15, 0.2) is 0 Å². The van der Waals surface area contributed by atoms with Crippen LogP contribution in [0.1, 0.15) is 29.0 Å². The second kappa shape index (κ2) is 9.55. The van der Waals surface area contributed by atoms with Gasteiger partial charge in [-0.25, -0.2) is 4.98 Å². The largest absolute Gasteiger partial charge is 0.485 e. The number of imidazole rings is 1. The van der Waals surface area contributed by atoms with Crippen molar-refractivity contribution in [1.29, 1.82) is 0 Å². The van der Waals surface area contributed by atoms with E-state index >= 15 is 0 Å². The normalized spacial score (nSPS) is 12.3. The van der Waals surface area contributed by atoms with Crippen LogP contribution in [0.5, 0.6) is 11.5 Å². The molecule has 0 aliphatic rings. The van der Waals surface area contributed by atoms with Gasteiger partial charge in [0, 0.05) is 17.8 Å². The number of thiophene rings is 1. The minimum Gasteiger partial charge on any atom is -0.485 e. The quantitative estimate of drug-likeness (QED) is 0.377. The number of carbonyl (C=O) groups is 1. The van der Waals surface area contributed by atoms with Gasteiger partial charge in [-0.3, -0.25) is 9.20 Å². The molecule has 0 fully saturated rings. The number of aromatic nitrogens is 2. The number of amides is 1. The number of aliphatic hydroxyl groups is 1. The smallest absolute Gasteiger partial charge is 0.387 e. The lowest BCUT2D eigenvalue weighted by Gasteiger charge is -2.19. The minimum absolute atomic E-state index is 0.0344. The van der Waals surface area contributed by atoms with E-state index in [-0.39, 0.29) is 18.8 Å². The van der Waals surface area contributed by atoms with Gasteiger partial charge in [-0.1, -0.05) is 18.2 Å². The molecule has 0 aliphatic heterocycles. The fourth-order valence-electron chi connectivity index (χ4n) is 3.50. The van der Waals surface area contributed by atoms with E-state index < -0.39 is 18.6 Å². The maximum absolute atomic E-state index is 12.9. The van der Waals surface area contributed by atoms with Crippen LogP contribution in [0.15, 0.2) is 54.9 Å². The van der Waals surface area contributed by atoms with Crippen LogP contribution in [0, 0.1) is 0 Å². The number of aliphatic hydroxyl groups excluding tert-OH is 1. The van der Waals surface area contributed by atoms with Crippen molar-refractivity contribution in [3.8, 4) is 22.1 Å². The zero-order valence-electron chi connectivity index (χ0n) is 17.6. The number of nitrogens with zero attached hydrogens (tertiary/aromatic N) is 2. The molecule has 4 rings (SSSR count). The molecule has 1 aromatic carbocycles. The monoisotopic (exact) mass is 473 g/mol. The number of pyridine rings is 1. The number of nitrogens with two attached hydrogens (primary N) is 1. The predicted molar refractivity (Wildman–Crippen MR) is 119 cm³/mol. The molecule has 172 valence electrons. The second-order valence-electron chi connectivity index (χ2n) is 7.28. The number of fused-ring (bicyclic) bond motifs is 1. The maximum atomic E-state index is 12.9. The van der Waals surface area contributed by atoms with Crippen molar-refractivity contribution in [2.45, 2.75) is 32.7 Å². The first-order valence-electron chi connectivity index (χ1n) is 10.0. The SMILES string of the molecule is C[C@@H](Oc1cc(-c2cnc3ccccn23)sc1CC(N)=O)c1ccc(CO)cc1OC(F)F. The van der Waals surface area contributed by atoms with Crippen molar-refractivity contribution in [2.24, 2.45) is 5.73 Å². The predicted octanol–water partition coefficient (Wildman–Crippen LogP) is 4.32. The molecule has 0 spiro atoms. The highest BCUT2D eigenvalue weighted by Crippen LogP contribution is 2.40. The zero-order chi connectivity index (χ0) is 23.5. The summed E-state index contributed by atoms with van der Waals surface area (Å²) in [6.45, 7) is -1.66. The number of halogens is 2. The summed E-state index contributed by atoms with van der Waals surface area (Å²) in [5.74, 6) is -0.188. The van der Waals surface area contributed by atoms with Gasteiger partial charge in [-0.2, -0.15) is 8.78 Å². The van der Waals surface area contributed by atoms with Crippen LogP contribution in [-0.2, 0) is 17.8 Å². The summed E-state index contributed by atoms with van der Waals surface area (Å²) in [6.07, 6.45) is 2.88. The van der Waals surface area contributed by atoms with Crippen LogP contribution in [0.2, 0.25) is 0 Å². The molecule has 1 amide bonds. The van der Waals surface area contributed by atoms with E-state index in [1.165, 1.54) is 17.4 Å². The van der Waals surface area contributed by atoms with Gasteiger partial charge in [0.1, 0.15) is 23.3 Å². The Bertz CT molecular complexity index is 1290. The molecule has 0 saturated heterocycles. The topological polar surface area (TPSA) is 99.1 Å². The highest BCUT2D eigenvalue weighted by Gasteiger charge is 2.21. The molecule has 7 nitrogen and oxygen atoms in total. The summed E-state index contributed by atoms with van der Waals surface area (Å²) in [4.78, 5) is 17.5. The van der Waals surface area contributed by atoms with Crippen LogP contribution < -0.4 is 15.2 Å². The summed E-state index contributed by atoms with van der Waals surface area (Å²) < 4.78 is 38.5. The van der Waals surface area contributed by atoms with Crippen molar-refractivity contribution in [2.75, 3.05) is 0 Å². The molecule has 0 radical (unpaired) electrons. The Kier molecular flexibility index (Phi) is 6.57. The molecule has 33 heavy (non-hydrogen) atoms. The zero-order valence-corrected chi connectivity index (χ0v) is 18.4. The van der Waals surface area contributed by atoms with E-state index in [0.717, 1.165) is 16.2 Å². The number of primary amides is 1. The van der Waals surface area contributed by atoms with Crippen LogP contribution in [0.25, 0.3) is 16.2 Å². The van der Waals surface area contributed by atoms with Gasteiger partial charge in [-0.15, -0.1) is 11.3 Å². The van der Waals surface area contributed by atoms with Crippen molar-refractivity contribution >= 4 is 22.9 Å². The number of carbonyl (C=O) groups excluding carboxylic acids is 1. The van der Waals surface area contributed by atoms with Gasteiger partial charge in [0.2, 0.25) is 5.91 Å². The Morgan fingerprint density at radius 1 is 1.21 bits per heavy atom. The van der Waals surface area contributed by atoms with Gasteiger partial charge in [0.25, 0.3) is 0 Å².